The lowest BCUT2D eigenvalue weighted by molar-refractivity contribution is -0.138. The van der Waals surface area contributed by atoms with E-state index in [9.17, 15) is 9.90 Å². The molecule has 5 heteroatoms. The van der Waals surface area contributed by atoms with Crippen molar-refractivity contribution in [3.63, 3.8) is 0 Å². The van der Waals surface area contributed by atoms with Gasteiger partial charge in [-0.05, 0) is 13.0 Å². The Balaban J connectivity index is 2.30. The van der Waals surface area contributed by atoms with Crippen LogP contribution in [0.25, 0.3) is 0 Å². The number of carbonyl (C=O) groups is 1. The second-order valence-corrected chi connectivity index (χ2v) is 3.04. The van der Waals surface area contributed by atoms with E-state index in [4.69, 9.17) is 9.52 Å². The van der Waals surface area contributed by atoms with E-state index in [2.05, 4.69) is 5.32 Å². The number of nitrogens with one attached hydrogen (secondary N) is 1. The van der Waals surface area contributed by atoms with E-state index in [-0.39, 0.29) is 13.0 Å². The number of rotatable bonds is 5. The van der Waals surface area contributed by atoms with Crippen molar-refractivity contribution in [1.82, 2.24) is 0 Å². The van der Waals surface area contributed by atoms with E-state index in [0.29, 0.717) is 5.88 Å². The van der Waals surface area contributed by atoms with Gasteiger partial charge in [-0.2, -0.15) is 0 Å². The van der Waals surface area contributed by atoms with Gasteiger partial charge >= 0.3 is 5.97 Å². The fourth-order valence-corrected chi connectivity index (χ4v) is 1.02. The van der Waals surface area contributed by atoms with E-state index in [1.807, 2.05) is 0 Å². The van der Waals surface area contributed by atoms with Crippen molar-refractivity contribution < 1.29 is 19.4 Å². The Hall–Kier alpha value is -1.49. The molecule has 0 saturated heterocycles. The number of aryl methyl sites for hydroxylation is 1. The summed E-state index contributed by atoms with van der Waals surface area (Å²) in [5.74, 6) is 0.280. The largest absolute Gasteiger partial charge is 0.481 e. The molecule has 0 bridgehead atoms. The molecule has 1 unspecified atom stereocenters. The fraction of sp³-hybridized carbons (Fsp3) is 0.444. The van der Waals surface area contributed by atoms with Gasteiger partial charge in [0.25, 0.3) is 0 Å². The number of carboxylic acid groups (broad SMARTS) is 1. The van der Waals surface area contributed by atoms with Crippen molar-refractivity contribution in [2.45, 2.75) is 19.4 Å². The van der Waals surface area contributed by atoms with Gasteiger partial charge in [0, 0.05) is 12.6 Å². The van der Waals surface area contributed by atoms with Crippen LogP contribution in [0.4, 0.5) is 5.88 Å². The normalized spacial score (nSPS) is 12.4. The lowest BCUT2D eigenvalue weighted by atomic mass is 10.2. The first-order valence-corrected chi connectivity index (χ1v) is 4.28. The molecule has 1 heterocycles. The number of aliphatic carboxylic acids is 1. The molecule has 0 spiro atoms. The molecule has 0 aromatic carbocycles. The Bertz CT molecular complexity index is 308. The first-order valence-electron chi connectivity index (χ1n) is 4.28. The fourth-order valence-electron chi connectivity index (χ4n) is 1.02. The molecule has 0 radical (unpaired) electrons. The van der Waals surface area contributed by atoms with Gasteiger partial charge in [0.15, 0.2) is 5.88 Å². The molecule has 0 aliphatic heterocycles. The maximum atomic E-state index is 10.2. The minimum absolute atomic E-state index is 0.166. The second kappa shape index (κ2) is 4.66. The third-order valence-electron chi connectivity index (χ3n) is 1.66. The van der Waals surface area contributed by atoms with E-state index in [1.165, 1.54) is 0 Å². The van der Waals surface area contributed by atoms with E-state index in [0.717, 1.165) is 5.76 Å². The number of hydrogen-bond acceptors (Lipinski definition) is 4. The van der Waals surface area contributed by atoms with Gasteiger partial charge in [-0.1, -0.05) is 0 Å². The van der Waals surface area contributed by atoms with Crippen LogP contribution >= 0.6 is 0 Å². The molecular formula is C9H13NO4. The van der Waals surface area contributed by atoms with Crippen LogP contribution in [-0.4, -0.2) is 28.8 Å². The highest BCUT2D eigenvalue weighted by molar-refractivity contribution is 5.67. The summed E-state index contributed by atoms with van der Waals surface area (Å²) in [5.41, 5.74) is 0. The van der Waals surface area contributed by atoms with E-state index < -0.39 is 12.1 Å². The first kappa shape index (κ1) is 10.6. The lowest BCUT2D eigenvalue weighted by Crippen LogP contribution is -2.22. The maximum Gasteiger partial charge on any atom is 0.306 e. The van der Waals surface area contributed by atoms with Crippen molar-refractivity contribution in [1.29, 1.82) is 0 Å². The molecule has 0 aliphatic carbocycles. The zero-order valence-corrected chi connectivity index (χ0v) is 7.86. The van der Waals surface area contributed by atoms with Gasteiger partial charge < -0.3 is 19.9 Å². The van der Waals surface area contributed by atoms with Gasteiger partial charge in [-0.25, -0.2) is 0 Å². The smallest absolute Gasteiger partial charge is 0.306 e. The number of aliphatic hydroxyl groups excluding tert-OH is 1. The van der Waals surface area contributed by atoms with Crippen LogP contribution in [-0.2, 0) is 4.79 Å². The monoisotopic (exact) mass is 199 g/mol. The van der Waals surface area contributed by atoms with Gasteiger partial charge in [-0.15, -0.1) is 0 Å². The van der Waals surface area contributed by atoms with Gasteiger partial charge in [0.2, 0.25) is 0 Å². The Morgan fingerprint density at radius 2 is 2.36 bits per heavy atom. The average molecular weight is 199 g/mol. The topological polar surface area (TPSA) is 82.7 Å². The number of hydrogen-bond donors (Lipinski definition) is 3. The first-order chi connectivity index (χ1) is 6.58. The summed E-state index contributed by atoms with van der Waals surface area (Å²) in [6, 6.07) is 3.51. The highest BCUT2D eigenvalue weighted by Gasteiger charge is 2.09. The molecule has 1 aromatic heterocycles. The van der Waals surface area contributed by atoms with Gasteiger partial charge in [0.1, 0.15) is 5.76 Å². The minimum Gasteiger partial charge on any atom is -0.481 e. The molecule has 0 fully saturated rings. The summed E-state index contributed by atoms with van der Waals surface area (Å²) >= 11 is 0. The summed E-state index contributed by atoms with van der Waals surface area (Å²) in [6.45, 7) is 1.97. The average Bonchev–Trinajstić information content (AvgIpc) is 2.47. The lowest BCUT2D eigenvalue weighted by Gasteiger charge is -2.07. The number of aliphatic hydroxyl groups is 1. The maximum absolute atomic E-state index is 10.2. The summed E-state index contributed by atoms with van der Waals surface area (Å²) in [7, 11) is 0. The van der Waals surface area contributed by atoms with Crippen molar-refractivity contribution in [3.8, 4) is 0 Å². The predicted octanol–water partition coefficient (Wildman–Crippen LogP) is 0.836. The Morgan fingerprint density at radius 1 is 1.64 bits per heavy atom. The van der Waals surface area contributed by atoms with E-state index in [1.54, 1.807) is 19.1 Å². The third-order valence-corrected chi connectivity index (χ3v) is 1.66. The van der Waals surface area contributed by atoms with Gasteiger partial charge in [0.05, 0.1) is 12.5 Å². The summed E-state index contributed by atoms with van der Waals surface area (Å²) < 4.78 is 5.17. The highest BCUT2D eigenvalue weighted by Crippen LogP contribution is 2.11. The molecule has 78 valence electrons. The zero-order valence-electron chi connectivity index (χ0n) is 7.86. The number of anilines is 1. The van der Waals surface area contributed by atoms with Gasteiger partial charge in [-0.3, -0.25) is 4.79 Å². The molecule has 0 saturated carbocycles. The zero-order chi connectivity index (χ0) is 10.6. The van der Waals surface area contributed by atoms with Crippen molar-refractivity contribution >= 4 is 11.9 Å². The quantitative estimate of drug-likeness (QED) is 0.654. The predicted molar refractivity (Wildman–Crippen MR) is 50.2 cm³/mol. The van der Waals surface area contributed by atoms with Crippen LogP contribution < -0.4 is 5.32 Å². The van der Waals surface area contributed by atoms with Crippen LogP contribution in [0.3, 0.4) is 0 Å². The Kier molecular flexibility index (Phi) is 3.53. The standard InChI is InChI=1S/C9H13NO4/c1-6-2-3-8(14-6)10-5-7(11)4-9(12)13/h2-3,7,10-11H,4-5H2,1H3,(H,12,13). The Labute approximate surface area is 81.4 Å². The number of furan rings is 1. The molecule has 1 aromatic rings. The molecule has 3 N–H and O–H groups in total. The Morgan fingerprint density at radius 3 is 2.86 bits per heavy atom. The summed E-state index contributed by atoms with van der Waals surface area (Å²) in [4.78, 5) is 10.2. The second-order valence-electron chi connectivity index (χ2n) is 3.04. The van der Waals surface area contributed by atoms with Crippen LogP contribution in [0.5, 0.6) is 0 Å². The van der Waals surface area contributed by atoms with Crippen LogP contribution in [0.1, 0.15) is 12.2 Å². The number of carboxylic acids is 1. The molecule has 0 aliphatic rings. The van der Waals surface area contributed by atoms with Crippen molar-refractivity contribution in [2.24, 2.45) is 0 Å². The highest BCUT2D eigenvalue weighted by atomic mass is 16.4. The van der Waals surface area contributed by atoms with E-state index >= 15 is 0 Å². The molecular weight excluding hydrogens is 186 g/mol. The molecule has 0 amide bonds. The van der Waals surface area contributed by atoms with Crippen molar-refractivity contribution in [3.05, 3.63) is 17.9 Å². The van der Waals surface area contributed by atoms with Crippen LogP contribution in [0.2, 0.25) is 0 Å². The van der Waals surface area contributed by atoms with Crippen LogP contribution in [0, 0.1) is 6.92 Å². The van der Waals surface area contributed by atoms with Crippen LogP contribution in [0.15, 0.2) is 16.5 Å². The van der Waals surface area contributed by atoms with Crippen molar-refractivity contribution in [2.75, 3.05) is 11.9 Å². The minimum atomic E-state index is -1.02. The molecule has 1 atom stereocenters. The SMILES string of the molecule is Cc1ccc(NCC(O)CC(=O)O)o1. The molecule has 5 nitrogen and oxygen atoms in total. The summed E-state index contributed by atoms with van der Waals surface area (Å²) in [5, 5.41) is 20.4. The molecule has 1 rings (SSSR count). The molecule has 14 heavy (non-hydrogen) atoms. The third kappa shape index (κ3) is 3.49. The summed E-state index contributed by atoms with van der Waals surface area (Å²) in [6.07, 6.45) is -1.18.